The SMILES string of the molecule is COC(=O)N1CCc2noc(N)c2C1. The summed E-state index contributed by atoms with van der Waals surface area (Å²) < 4.78 is 9.44. The van der Waals surface area contributed by atoms with E-state index in [0.717, 1.165) is 11.3 Å². The predicted octanol–water partition coefficient (Wildman–Crippen LogP) is 0.381. The number of aromatic nitrogens is 1. The summed E-state index contributed by atoms with van der Waals surface area (Å²) in [6, 6.07) is 0. The van der Waals surface area contributed by atoms with Gasteiger partial charge in [0.25, 0.3) is 0 Å². The van der Waals surface area contributed by atoms with Crippen molar-refractivity contribution in [1.29, 1.82) is 0 Å². The topological polar surface area (TPSA) is 81.6 Å². The molecule has 2 rings (SSSR count). The van der Waals surface area contributed by atoms with Crippen LogP contribution in [0.5, 0.6) is 0 Å². The van der Waals surface area contributed by atoms with Gasteiger partial charge < -0.3 is 19.9 Å². The first-order chi connectivity index (χ1) is 6.72. The summed E-state index contributed by atoms with van der Waals surface area (Å²) in [6.07, 6.45) is 0.307. The van der Waals surface area contributed by atoms with Gasteiger partial charge in [0.2, 0.25) is 5.88 Å². The lowest BCUT2D eigenvalue weighted by molar-refractivity contribution is 0.118. The highest BCUT2D eigenvalue weighted by molar-refractivity contribution is 5.68. The van der Waals surface area contributed by atoms with Gasteiger partial charge in [0.15, 0.2) is 0 Å². The van der Waals surface area contributed by atoms with Crippen LogP contribution in [0.2, 0.25) is 0 Å². The molecule has 6 nitrogen and oxygen atoms in total. The highest BCUT2D eigenvalue weighted by Crippen LogP contribution is 2.23. The third-order valence-corrected chi connectivity index (χ3v) is 2.30. The average molecular weight is 197 g/mol. The minimum atomic E-state index is -0.351. The van der Waals surface area contributed by atoms with Gasteiger partial charge in [0.05, 0.1) is 24.9 Å². The Hall–Kier alpha value is -1.72. The van der Waals surface area contributed by atoms with E-state index in [1.807, 2.05) is 0 Å². The molecule has 0 saturated heterocycles. The van der Waals surface area contributed by atoms with E-state index in [1.54, 1.807) is 4.90 Å². The smallest absolute Gasteiger partial charge is 0.409 e. The van der Waals surface area contributed by atoms with Gasteiger partial charge >= 0.3 is 6.09 Å². The Morgan fingerprint density at radius 3 is 3.21 bits per heavy atom. The molecule has 0 atom stereocenters. The number of anilines is 1. The van der Waals surface area contributed by atoms with Crippen molar-refractivity contribution in [1.82, 2.24) is 10.1 Å². The first-order valence-corrected chi connectivity index (χ1v) is 4.28. The number of amides is 1. The van der Waals surface area contributed by atoms with Crippen LogP contribution in [0.3, 0.4) is 0 Å². The Balaban J connectivity index is 2.20. The van der Waals surface area contributed by atoms with E-state index in [4.69, 9.17) is 10.3 Å². The summed E-state index contributed by atoms with van der Waals surface area (Å²) >= 11 is 0. The Morgan fingerprint density at radius 1 is 1.71 bits per heavy atom. The maximum Gasteiger partial charge on any atom is 0.409 e. The second kappa shape index (κ2) is 3.21. The molecule has 1 aliphatic rings. The van der Waals surface area contributed by atoms with Crippen molar-refractivity contribution in [2.24, 2.45) is 0 Å². The van der Waals surface area contributed by atoms with Crippen LogP contribution >= 0.6 is 0 Å². The fraction of sp³-hybridized carbons (Fsp3) is 0.500. The van der Waals surface area contributed by atoms with Gasteiger partial charge in [-0.15, -0.1) is 0 Å². The lowest BCUT2D eigenvalue weighted by Crippen LogP contribution is -2.35. The number of carbonyl (C=O) groups excluding carboxylic acids is 1. The zero-order valence-corrected chi connectivity index (χ0v) is 7.82. The molecule has 0 spiro atoms. The summed E-state index contributed by atoms with van der Waals surface area (Å²) in [5.74, 6) is 0.286. The number of fused-ring (bicyclic) bond motifs is 1. The molecule has 76 valence electrons. The van der Waals surface area contributed by atoms with E-state index in [-0.39, 0.29) is 12.0 Å². The Bertz CT molecular complexity index is 361. The highest BCUT2D eigenvalue weighted by atomic mass is 16.5. The van der Waals surface area contributed by atoms with Crippen molar-refractivity contribution in [3.05, 3.63) is 11.3 Å². The van der Waals surface area contributed by atoms with Crippen LogP contribution in [-0.4, -0.2) is 29.8 Å². The zero-order valence-electron chi connectivity index (χ0n) is 7.82. The van der Waals surface area contributed by atoms with Crippen LogP contribution in [0.25, 0.3) is 0 Å². The quantitative estimate of drug-likeness (QED) is 0.650. The normalized spacial score (nSPS) is 15.1. The molecule has 2 N–H and O–H groups in total. The van der Waals surface area contributed by atoms with Crippen LogP contribution in [0.4, 0.5) is 10.7 Å². The van der Waals surface area contributed by atoms with Crippen molar-refractivity contribution in [3.8, 4) is 0 Å². The number of carbonyl (C=O) groups is 1. The number of ether oxygens (including phenoxy) is 1. The summed E-state index contributed by atoms with van der Waals surface area (Å²) in [5.41, 5.74) is 7.19. The van der Waals surface area contributed by atoms with Crippen molar-refractivity contribution in [2.45, 2.75) is 13.0 Å². The van der Waals surface area contributed by atoms with Crippen LogP contribution in [0.1, 0.15) is 11.3 Å². The van der Waals surface area contributed by atoms with Gasteiger partial charge in [-0.25, -0.2) is 4.79 Å². The molecule has 0 aliphatic carbocycles. The number of methoxy groups -OCH3 is 1. The minimum absolute atomic E-state index is 0.286. The van der Waals surface area contributed by atoms with E-state index in [2.05, 4.69) is 9.89 Å². The van der Waals surface area contributed by atoms with Crippen molar-refractivity contribution in [3.63, 3.8) is 0 Å². The average Bonchev–Trinajstić information content (AvgIpc) is 2.59. The van der Waals surface area contributed by atoms with E-state index in [0.29, 0.717) is 19.5 Å². The molecule has 1 amide bonds. The largest absolute Gasteiger partial charge is 0.453 e. The summed E-state index contributed by atoms with van der Waals surface area (Å²) in [4.78, 5) is 12.8. The van der Waals surface area contributed by atoms with E-state index in [1.165, 1.54) is 7.11 Å². The van der Waals surface area contributed by atoms with Gasteiger partial charge in [-0.05, 0) is 0 Å². The molecule has 2 heterocycles. The number of hydrogen-bond acceptors (Lipinski definition) is 5. The van der Waals surface area contributed by atoms with Crippen molar-refractivity contribution in [2.75, 3.05) is 19.4 Å². The molecule has 1 aromatic rings. The van der Waals surface area contributed by atoms with Crippen LogP contribution in [-0.2, 0) is 17.7 Å². The molecule has 0 radical (unpaired) electrons. The molecular formula is C8H11N3O3. The molecule has 1 aliphatic heterocycles. The Morgan fingerprint density at radius 2 is 2.50 bits per heavy atom. The first-order valence-electron chi connectivity index (χ1n) is 4.28. The second-order valence-electron chi connectivity index (χ2n) is 3.11. The standard InChI is InChI=1S/C8H11N3O3/c1-13-8(12)11-3-2-6-5(4-11)7(9)14-10-6/h2-4,9H2,1H3. The van der Waals surface area contributed by atoms with Crippen LogP contribution in [0, 0.1) is 0 Å². The summed E-state index contributed by atoms with van der Waals surface area (Å²) in [5, 5.41) is 3.80. The third kappa shape index (κ3) is 1.28. The third-order valence-electron chi connectivity index (χ3n) is 2.30. The van der Waals surface area contributed by atoms with Crippen LogP contribution in [0.15, 0.2) is 4.52 Å². The number of nitrogens with zero attached hydrogens (tertiary/aromatic N) is 2. The number of rotatable bonds is 0. The van der Waals surface area contributed by atoms with E-state index < -0.39 is 0 Å². The summed E-state index contributed by atoms with van der Waals surface area (Å²) in [6.45, 7) is 1.00. The Kier molecular flexibility index (Phi) is 2.03. The lowest BCUT2D eigenvalue weighted by atomic mass is 10.1. The van der Waals surface area contributed by atoms with Gasteiger partial charge in [0, 0.05) is 13.0 Å². The van der Waals surface area contributed by atoms with E-state index in [9.17, 15) is 4.79 Å². The fourth-order valence-corrected chi connectivity index (χ4v) is 1.52. The monoisotopic (exact) mass is 197 g/mol. The summed E-state index contributed by atoms with van der Waals surface area (Å²) in [7, 11) is 1.36. The molecule has 0 bridgehead atoms. The minimum Gasteiger partial charge on any atom is -0.453 e. The number of nitrogens with two attached hydrogens (primary N) is 1. The van der Waals surface area contributed by atoms with Gasteiger partial charge in [0.1, 0.15) is 0 Å². The molecule has 6 heteroatoms. The number of hydrogen-bond donors (Lipinski definition) is 1. The first kappa shape index (κ1) is 8.86. The van der Waals surface area contributed by atoms with Gasteiger partial charge in [-0.3, -0.25) is 0 Å². The van der Waals surface area contributed by atoms with Crippen LogP contribution < -0.4 is 5.73 Å². The zero-order chi connectivity index (χ0) is 10.1. The fourth-order valence-electron chi connectivity index (χ4n) is 1.52. The molecule has 14 heavy (non-hydrogen) atoms. The molecule has 0 fully saturated rings. The van der Waals surface area contributed by atoms with Crippen molar-refractivity contribution >= 4 is 12.0 Å². The van der Waals surface area contributed by atoms with E-state index >= 15 is 0 Å². The van der Waals surface area contributed by atoms with Gasteiger partial charge in [-0.1, -0.05) is 5.16 Å². The second-order valence-corrected chi connectivity index (χ2v) is 3.11. The molecule has 0 unspecified atom stereocenters. The highest BCUT2D eigenvalue weighted by Gasteiger charge is 2.26. The number of nitrogen functional groups attached to an aromatic ring is 1. The van der Waals surface area contributed by atoms with Gasteiger partial charge in [-0.2, -0.15) is 0 Å². The molecule has 1 aromatic heterocycles. The maximum absolute atomic E-state index is 11.2. The predicted molar refractivity (Wildman–Crippen MR) is 47.4 cm³/mol. The maximum atomic E-state index is 11.2. The lowest BCUT2D eigenvalue weighted by Gasteiger charge is -2.24. The molecule has 0 aromatic carbocycles. The molecular weight excluding hydrogens is 186 g/mol. The Labute approximate surface area is 80.6 Å². The molecule has 0 saturated carbocycles. The van der Waals surface area contributed by atoms with Crippen molar-refractivity contribution < 1.29 is 14.1 Å².